The predicted molar refractivity (Wildman–Crippen MR) is 97.2 cm³/mol. The minimum Gasteiger partial charge on any atom is -0.211 e. The van der Waals surface area contributed by atoms with Crippen molar-refractivity contribution in [1.29, 1.82) is 0 Å². The van der Waals surface area contributed by atoms with E-state index in [2.05, 4.69) is 9.98 Å². The normalized spacial score (nSPS) is 40.4. The van der Waals surface area contributed by atoms with Crippen molar-refractivity contribution in [3.8, 4) is 0 Å². The Kier molecular flexibility index (Phi) is 6.10. The first-order chi connectivity index (χ1) is 11.1. The Bertz CT molecular complexity index is 695. The van der Waals surface area contributed by atoms with Gasteiger partial charge in [0.2, 0.25) is 12.2 Å². The lowest BCUT2D eigenvalue weighted by Gasteiger charge is -2.34. The molecule has 0 heterocycles. The number of hydrogen-bond acceptors (Lipinski definition) is 4. The van der Waals surface area contributed by atoms with Gasteiger partial charge in [-0.3, -0.25) is 0 Å². The highest BCUT2D eigenvalue weighted by molar-refractivity contribution is 6.66. The molecule has 5 unspecified atom stereocenters. The lowest BCUT2D eigenvalue weighted by Crippen LogP contribution is -2.45. The topological polar surface area (TPSA) is 58.9 Å². The fraction of sp³-hybridized carbons (Fsp3) is 0.538. The van der Waals surface area contributed by atoms with E-state index in [-0.39, 0.29) is 33.9 Å². The van der Waals surface area contributed by atoms with Gasteiger partial charge < -0.3 is 0 Å². The van der Waals surface area contributed by atoms with E-state index in [1.807, 2.05) is 12.2 Å². The zero-order valence-corrected chi connectivity index (χ0v) is 16.7. The van der Waals surface area contributed by atoms with Crippen LogP contribution in [0.25, 0.3) is 0 Å². The number of rotatable bonds is 2. The molecule has 3 aliphatic rings. The van der Waals surface area contributed by atoms with E-state index in [9.17, 15) is 9.59 Å². The van der Waals surface area contributed by atoms with E-state index < -0.39 is 14.1 Å². The molecule has 24 heavy (non-hydrogen) atoms. The van der Waals surface area contributed by atoms with Crippen LogP contribution in [0.3, 0.4) is 0 Å². The first kappa shape index (κ1) is 20.6. The van der Waals surface area contributed by atoms with Gasteiger partial charge in [-0.2, -0.15) is 9.98 Å². The van der Waals surface area contributed by atoms with E-state index >= 15 is 0 Å². The first-order valence-corrected chi connectivity index (χ1v) is 9.04. The molecular formula is C13H7Cl7N2O2. The van der Waals surface area contributed by atoms with Crippen LogP contribution in [0.1, 0.15) is 0 Å². The molecule has 11 heteroatoms. The number of fused-ring (bicyclic) bond motifs is 5. The van der Waals surface area contributed by atoms with E-state index in [0.29, 0.717) is 0 Å². The molecule has 0 aromatic heterocycles. The van der Waals surface area contributed by atoms with Gasteiger partial charge in [0.1, 0.15) is 9.75 Å². The summed E-state index contributed by atoms with van der Waals surface area (Å²) in [6.45, 7) is -0.160. The van der Waals surface area contributed by atoms with Gasteiger partial charge in [-0.05, 0) is 0 Å². The Labute approximate surface area is 172 Å². The maximum atomic E-state index is 9.20. The largest absolute Gasteiger partial charge is 0.236 e. The zero-order valence-electron chi connectivity index (χ0n) is 11.5. The minimum absolute atomic E-state index is 0.160. The molecular weight excluding hydrogens is 464 g/mol. The number of allylic oxidation sites excluding steroid dienone is 4. The summed E-state index contributed by atoms with van der Waals surface area (Å²) in [4.78, 5) is 21.8. The lowest BCUT2D eigenvalue weighted by molar-refractivity contribution is 0.420. The molecule has 0 aromatic carbocycles. The highest BCUT2D eigenvalue weighted by atomic mass is 35.5. The molecule has 0 radical (unpaired) electrons. The predicted octanol–water partition coefficient (Wildman–Crippen LogP) is 4.86. The van der Waals surface area contributed by atoms with Crippen LogP contribution in [-0.4, -0.2) is 38.3 Å². The minimum atomic E-state index is -1.48. The second kappa shape index (κ2) is 7.12. The molecule has 1 fully saturated rings. The SMILES string of the molecule is ClC1=C(Cl)C2(Cl)C3C(Cl)C=CC3C1(Cl)C2(Cl)Cl.O=C=NCN=C=O. The van der Waals surface area contributed by atoms with Crippen molar-refractivity contribution < 1.29 is 9.59 Å². The van der Waals surface area contributed by atoms with E-state index in [0.717, 1.165) is 0 Å². The van der Waals surface area contributed by atoms with Gasteiger partial charge >= 0.3 is 0 Å². The molecule has 2 bridgehead atoms. The third-order valence-electron chi connectivity index (χ3n) is 4.17. The molecule has 0 aliphatic heterocycles. The molecule has 0 N–H and O–H groups in total. The van der Waals surface area contributed by atoms with Gasteiger partial charge in [-0.25, -0.2) is 9.59 Å². The van der Waals surface area contributed by atoms with Crippen LogP contribution in [-0.2, 0) is 9.59 Å². The summed E-state index contributed by atoms with van der Waals surface area (Å²) in [5.41, 5.74) is 0. The van der Waals surface area contributed by atoms with Gasteiger partial charge in [0, 0.05) is 11.8 Å². The zero-order chi connectivity index (χ0) is 18.3. The van der Waals surface area contributed by atoms with Gasteiger partial charge in [0.15, 0.2) is 11.0 Å². The number of alkyl halides is 5. The maximum Gasteiger partial charge on any atom is 0.236 e. The second-order valence-corrected chi connectivity index (χ2v) is 8.93. The third kappa shape index (κ3) is 2.52. The van der Waals surface area contributed by atoms with E-state index in [1.165, 1.54) is 12.2 Å². The van der Waals surface area contributed by atoms with Gasteiger partial charge in [0.05, 0.1) is 15.4 Å². The Morgan fingerprint density at radius 1 is 0.958 bits per heavy atom. The first-order valence-electron chi connectivity index (χ1n) is 6.33. The van der Waals surface area contributed by atoms with Gasteiger partial charge in [-0.15, -0.1) is 34.8 Å². The summed E-state index contributed by atoms with van der Waals surface area (Å²) in [6, 6.07) is 0. The van der Waals surface area contributed by atoms with Gasteiger partial charge in [-0.1, -0.05) is 58.6 Å². The van der Waals surface area contributed by atoms with Crippen molar-refractivity contribution in [2.24, 2.45) is 21.8 Å². The Morgan fingerprint density at radius 2 is 1.46 bits per heavy atom. The highest BCUT2D eigenvalue weighted by Crippen LogP contribution is 2.78. The van der Waals surface area contributed by atoms with E-state index in [1.54, 1.807) is 0 Å². The van der Waals surface area contributed by atoms with E-state index in [4.69, 9.17) is 81.2 Å². The highest BCUT2D eigenvalue weighted by Gasteiger charge is 2.83. The number of halogens is 7. The fourth-order valence-corrected chi connectivity index (χ4v) is 6.69. The summed E-state index contributed by atoms with van der Waals surface area (Å²) in [6.07, 6.45) is 6.10. The molecule has 5 atom stereocenters. The fourth-order valence-electron chi connectivity index (χ4n) is 3.17. The number of carbonyl (C=O) groups excluding carboxylic acids is 2. The van der Waals surface area contributed by atoms with Crippen LogP contribution >= 0.6 is 81.2 Å². The van der Waals surface area contributed by atoms with Crippen molar-refractivity contribution >= 4 is 93.4 Å². The lowest BCUT2D eigenvalue weighted by atomic mass is 9.84. The average Bonchev–Trinajstić information content (AvgIpc) is 3.02. The average molecular weight is 471 g/mol. The van der Waals surface area contributed by atoms with Crippen LogP contribution in [0.4, 0.5) is 0 Å². The molecule has 4 nitrogen and oxygen atoms in total. The molecule has 0 amide bonds. The van der Waals surface area contributed by atoms with Crippen molar-refractivity contribution in [3.63, 3.8) is 0 Å². The molecule has 0 saturated heterocycles. The molecule has 3 aliphatic carbocycles. The standard InChI is InChI=1S/C10H5Cl7.C3H2N2O2/c11-4-2-1-3-5(4)9(15)7(13)6(12)8(3,14)10(9,16)17;6-2-4-1-5-3-7/h1-5H;1H2. The third-order valence-corrected chi connectivity index (χ3v) is 8.88. The molecule has 0 aromatic rings. The molecule has 1 saturated carbocycles. The van der Waals surface area contributed by atoms with Crippen molar-refractivity contribution in [1.82, 2.24) is 0 Å². The summed E-state index contributed by atoms with van der Waals surface area (Å²) in [5, 5.41) is 0.113. The Hall–Kier alpha value is 0.270. The Balaban J connectivity index is 0.000000256. The Morgan fingerprint density at radius 3 is 1.96 bits per heavy atom. The van der Waals surface area contributed by atoms with Crippen molar-refractivity contribution in [2.45, 2.75) is 19.5 Å². The van der Waals surface area contributed by atoms with Crippen molar-refractivity contribution in [2.75, 3.05) is 6.67 Å². The molecule has 130 valence electrons. The number of nitrogens with zero attached hydrogens (tertiary/aromatic N) is 2. The number of isocyanates is 2. The summed E-state index contributed by atoms with van der Waals surface area (Å²) < 4.78 is -1.48. The van der Waals surface area contributed by atoms with Crippen LogP contribution in [0, 0.1) is 11.8 Å². The summed E-state index contributed by atoms with van der Waals surface area (Å²) in [5.74, 6) is -0.470. The second-order valence-electron chi connectivity index (χ2n) is 5.15. The molecule has 3 rings (SSSR count). The van der Waals surface area contributed by atoms with Crippen LogP contribution in [0.2, 0.25) is 0 Å². The van der Waals surface area contributed by atoms with Crippen LogP contribution in [0.15, 0.2) is 32.2 Å². The summed E-state index contributed by atoms with van der Waals surface area (Å²) in [7, 11) is 0. The van der Waals surface area contributed by atoms with Gasteiger partial charge in [0.25, 0.3) is 0 Å². The van der Waals surface area contributed by atoms with Crippen molar-refractivity contribution in [3.05, 3.63) is 22.2 Å². The van der Waals surface area contributed by atoms with Crippen LogP contribution in [0.5, 0.6) is 0 Å². The number of aliphatic imine (C=N–C) groups is 2. The smallest absolute Gasteiger partial charge is 0.211 e. The molecule has 0 spiro atoms. The maximum absolute atomic E-state index is 9.20. The monoisotopic (exact) mass is 468 g/mol. The quantitative estimate of drug-likeness (QED) is 0.250. The van der Waals surface area contributed by atoms with Crippen LogP contribution < -0.4 is 0 Å². The summed E-state index contributed by atoms with van der Waals surface area (Å²) >= 11 is 44.5. The number of hydrogen-bond donors (Lipinski definition) is 0.